The number of fused-ring (bicyclic) bond motifs is 2. The third-order valence-corrected chi connectivity index (χ3v) is 7.09. The maximum Gasteiger partial charge on any atom is 0.339 e. The number of ether oxygens (including phenoxy) is 1. The number of rotatable bonds is 5. The highest BCUT2D eigenvalue weighted by atomic mass is 35.5. The standard InChI is InChI=1S/C27H22Cl2N2O3/c1-15-12-20(16(2)31(15)17-10-11-21(28)22(29)13-17)25(32)14-34-27(33)26-18-6-3-4-8-23(18)30-24-9-5-7-19(24)26/h3-4,6,8,10-13H,5,7,9,14H2,1-2H3. The molecule has 0 N–H and O–H groups in total. The van der Waals surface area contributed by atoms with Gasteiger partial charge in [-0.1, -0.05) is 41.4 Å². The fraction of sp³-hybridized carbons (Fsp3) is 0.222. The van der Waals surface area contributed by atoms with Gasteiger partial charge in [0.2, 0.25) is 5.78 Å². The van der Waals surface area contributed by atoms with Crippen LogP contribution in [0.15, 0.2) is 48.5 Å². The molecular formula is C27H22Cl2N2O3. The Morgan fingerprint density at radius 1 is 1.03 bits per heavy atom. The largest absolute Gasteiger partial charge is 0.454 e. The van der Waals surface area contributed by atoms with E-state index < -0.39 is 5.97 Å². The number of hydrogen-bond donors (Lipinski definition) is 0. The molecule has 7 heteroatoms. The smallest absolute Gasteiger partial charge is 0.339 e. The molecule has 2 heterocycles. The first kappa shape index (κ1) is 22.6. The minimum absolute atomic E-state index is 0.261. The zero-order valence-corrected chi connectivity index (χ0v) is 20.3. The van der Waals surface area contributed by atoms with Crippen LogP contribution in [0.5, 0.6) is 0 Å². The second-order valence-corrected chi connectivity index (χ2v) is 9.32. The highest BCUT2D eigenvalue weighted by molar-refractivity contribution is 6.42. The Kier molecular flexibility index (Phi) is 5.92. The van der Waals surface area contributed by atoms with Crippen molar-refractivity contribution < 1.29 is 14.3 Å². The van der Waals surface area contributed by atoms with Crippen molar-refractivity contribution in [1.29, 1.82) is 0 Å². The van der Waals surface area contributed by atoms with Gasteiger partial charge in [0, 0.05) is 33.7 Å². The molecule has 4 aromatic rings. The molecular weight excluding hydrogens is 471 g/mol. The fourth-order valence-electron chi connectivity index (χ4n) is 4.79. The third kappa shape index (κ3) is 3.89. The molecule has 0 aliphatic heterocycles. The Hall–Kier alpha value is -3.15. The number of Topliss-reactive ketones (excluding diaryl/α,β-unsaturated/α-hetero) is 1. The Bertz CT molecular complexity index is 1470. The molecule has 5 rings (SSSR count). The minimum atomic E-state index is -0.483. The van der Waals surface area contributed by atoms with E-state index in [1.165, 1.54) is 0 Å². The highest BCUT2D eigenvalue weighted by Crippen LogP contribution is 2.31. The Morgan fingerprint density at radius 2 is 1.82 bits per heavy atom. The van der Waals surface area contributed by atoms with Gasteiger partial charge in [-0.05, 0) is 69.0 Å². The Balaban J connectivity index is 1.41. The zero-order valence-electron chi connectivity index (χ0n) is 18.8. The predicted molar refractivity (Wildman–Crippen MR) is 134 cm³/mol. The number of aromatic nitrogens is 2. The molecule has 0 spiro atoms. The summed E-state index contributed by atoms with van der Waals surface area (Å²) in [6.45, 7) is 3.43. The second kappa shape index (κ2) is 8.90. The maximum atomic E-state index is 13.2. The Labute approximate surface area is 207 Å². The van der Waals surface area contributed by atoms with E-state index in [0.717, 1.165) is 58.5 Å². The second-order valence-electron chi connectivity index (χ2n) is 8.50. The lowest BCUT2D eigenvalue weighted by Crippen LogP contribution is -2.17. The molecule has 0 atom stereocenters. The van der Waals surface area contributed by atoms with Crippen LogP contribution in [0.4, 0.5) is 0 Å². The van der Waals surface area contributed by atoms with Crippen molar-refractivity contribution in [2.75, 3.05) is 6.61 Å². The first-order valence-corrected chi connectivity index (χ1v) is 11.9. The van der Waals surface area contributed by atoms with Crippen molar-refractivity contribution in [3.8, 4) is 5.69 Å². The van der Waals surface area contributed by atoms with Crippen LogP contribution in [-0.4, -0.2) is 27.9 Å². The van der Waals surface area contributed by atoms with Crippen LogP contribution in [0.3, 0.4) is 0 Å². The molecule has 1 aliphatic rings. The lowest BCUT2D eigenvalue weighted by molar-refractivity contribution is 0.0475. The van der Waals surface area contributed by atoms with Crippen LogP contribution in [-0.2, 0) is 17.6 Å². The lowest BCUT2D eigenvalue weighted by atomic mass is 10.0. The topological polar surface area (TPSA) is 61.2 Å². The molecule has 0 fully saturated rings. The molecule has 5 nitrogen and oxygen atoms in total. The molecule has 0 amide bonds. The van der Waals surface area contributed by atoms with Gasteiger partial charge in [0.05, 0.1) is 21.1 Å². The minimum Gasteiger partial charge on any atom is -0.454 e. The van der Waals surface area contributed by atoms with Crippen LogP contribution in [0, 0.1) is 13.8 Å². The molecule has 172 valence electrons. The number of nitrogens with zero attached hydrogens (tertiary/aromatic N) is 2. The molecule has 2 aromatic heterocycles. The van der Waals surface area contributed by atoms with Gasteiger partial charge in [-0.2, -0.15) is 0 Å². The predicted octanol–water partition coefficient (Wildman–Crippen LogP) is 6.48. The van der Waals surface area contributed by atoms with Crippen molar-refractivity contribution in [3.63, 3.8) is 0 Å². The average molecular weight is 493 g/mol. The van der Waals surface area contributed by atoms with Gasteiger partial charge in [0.15, 0.2) is 6.61 Å². The van der Waals surface area contributed by atoms with E-state index in [0.29, 0.717) is 21.2 Å². The van der Waals surface area contributed by atoms with Gasteiger partial charge in [-0.3, -0.25) is 9.78 Å². The maximum absolute atomic E-state index is 13.2. The van der Waals surface area contributed by atoms with Crippen LogP contribution in [0.2, 0.25) is 10.0 Å². The van der Waals surface area contributed by atoms with Crippen LogP contribution in [0.1, 0.15) is 49.8 Å². The van der Waals surface area contributed by atoms with Crippen LogP contribution >= 0.6 is 23.2 Å². The van der Waals surface area contributed by atoms with E-state index in [1.54, 1.807) is 18.2 Å². The molecule has 2 aromatic carbocycles. The quantitative estimate of drug-likeness (QED) is 0.236. The number of esters is 1. The highest BCUT2D eigenvalue weighted by Gasteiger charge is 2.26. The summed E-state index contributed by atoms with van der Waals surface area (Å²) in [7, 11) is 0. The molecule has 0 saturated heterocycles. The number of aryl methyl sites for hydroxylation is 2. The number of hydrogen-bond acceptors (Lipinski definition) is 4. The summed E-state index contributed by atoms with van der Waals surface area (Å²) in [5, 5.41) is 1.66. The van der Waals surface area contributed by atoms with Gasteiger partial charge in [0.25, 0.3) is 0 Å². The monoisotopic (exact) mass is 492 g/mol. The number of benzene rings is 2. The number of carbonyl (C=O) groups is 2. The van der Waals surface area contributed by atoms with Gasteiger partial charge < -0.3 is 9.30 Å². The number of halogens is 2. The number of ketones is 1. The van der Waals surface area contributed by atoms with Gasteiger partial charge in [0.1, 0.15) is 0 Å². The third-order valence-electron chi connectivity index (χ3n) is 6.35. The molecule has 0 unspecified atom stereocenters. The summed E-state index contributed by atoms with van der Waals surface area (Å²) in [6.07, 6.45) is 2.59. The number of pyridine rings is 1. The average Bonchev–Trinajstić information content (AvgIpc) is 3.41. The summed E-state index contributed by atoms with van der Waals surface area (Å²) in [4.78, 5) is 30.9. The van der Waals surface area contributed by atoms with Crippen molar-refractivity contribution in [2.24, 2.45) is 0 Å². The molecule has 0 saturated carbocycles. The summed E-state index contributed by atoms with van der Waals surface area (Å²) in [6, 6.07) is 14.7. The lowest BCUT2D eigenvalue weighted by Gasteiger charge is -2.12. The summed E-state index contributed by atoms with van der Waals surface area (Å²) >= 11 is 12.2. The van der Waals surface area contributed by atoms with E-state index in [4.69, 9.17) is 32.9 Å². The first-order chi connectivity index (χ1) is 16.3. The molecule has 0 radical (unpaired) electrons. The van der Waals surface area contributed by atoms with Crippen LogP contribution in [0.25, 0.3) is 16.6 Å². The van der Waals surface area contributed by atoms with Crippen LogP contribution < -0.4 is 0 Å². The van der Waals surface area contributed by atoms with E-state index in [-0.39, 0.29) is 12.4 Å². The van der Waals surface area contributed by atoms with E-state index in [2.05, 4.69) is 0 Å². The van der Waals surface area contributed by atoms with Crippen molar-refractivity contribution in [3.05, 3.63) is 92.3 Å². The van der Waals surface area contributed by atoms with Gasteiger partial charge in [-0.25, -0.2) is 4.79 Å². The summed E-state index contributed by atoms with van der Waals surface area (Å²) in [5.41, 5.74) is 6.10. The Morgan fingerprint density at radius 3 is 2.62 bits per heavy atom. The SMILES string of the molecule is Cc1cc(C(=O)COC(=O)c2c3c(nc4ccccc24)CCC3)c(C)n1-c1ccc(Cl)c(Cl)c1. The van der Waals surface area contributed by atoms with Gasteiger partial charge in [-0.15, -0.1) is 0 Å². The van der Waals surface area contributed by atoms with Gasteiger partial charge >= 0.3 is 5.97 Å². The van der Waals surface area contributed by atoms with Crippen molar-refractivity contribution in [1.82, 2.24) is 9.55 Å². The summed E-state index contributed by atoms with van der Waals surface area (Å²) < 4.78 is 7.49. The van der Waals surface area contributed by atoms with Crippen molar-refractivity contribution in [2.45, 2.75) is 33.1 Å². The molecule has 1 aliphatic carbocycles. The fourth-order valence-corrected chi connectivity index (χ4v) is 5.08. The molecule has 0 bridgehead atoms. The van der Waals surface area contributed by atoms with E-state index in [1.807, 2.05) is 48.7 Å². The zero-order chi connectivity index (χ0) is 24.0. The normalized spacial score (nSPS) is 12.7. The first-order valence-electron chi connectivity index (χ1n) is 11.1. The number of para-hydroxylation sites is 1. The van der Waals surface area contributed by atoms with Crippen molar-refractivity contribution >= 4 is 45.9 Å². The van der Waals surface area contributed by atoms with E-state index >= 15 is 0 Å². The molecule has 34 heavy (non-hydrogen) atoms. The summed E-state index contributed by atoms with van der Waals surface area (Å²) in [5.74, 6) is -0.744. The van der Waals surface area contributed by atoms with E-state index in [9.17, 15) is 9.59 Å². The number of carbonyl (C=O) groups excluding carboxylic acids is 2.